The predicted octanol–water partition coefficient (Wildman–Crippen LogP) is 3.62. The number of hydrogen-bond donors (Lipinski definition) is 1. The van der Waals surface area contributed by atoms with E-state index >= 15 is 0 Å². The van der Waals surface area contributed by atoms with Crippen LogP contribution in [0, 0.1) is 0 Å². The molecule has 0 unspecified atom stereocenters. The fourth-order valence-electron chi connectivity index (χ4n) is 2.39. The number of pyridine rings is 1. The molecule has 3 aromatic rings. The van der Waals surface area contributed by atoms with Crippen LogP contribution in [0.5, 0.6) is 5.75 Å². The minimum Gasteiger partial charge on any atom is -0.488 e. The zero-order valence-electron chi connectivity index (χ0n) is 12.6. The SMILES string of the molecule is O=C(Nc1nc(-c2ccccn2)cs1)C1=Cc2ccccc2OC1. The van der Waals surface area contributed by atoms with Crippen molar-refractivity contribution in [3.8, 4) is 17.1 Å². The summed E-state index contributed by atoms with van der Waals surface area (Å²) in [7, 11) is 0. The number of hydrogen-bond acceptors (Lipinski definition) is 5. The van der Waals surface area contributed by atoms with Gasteiger partial charge < -0.3 is 4.74 Å². The molecule has 1 aromatic carbocycles. The zero-order chi connectivity index (χ0) is 16.4. The van der Waals surface area contributed by atoms with Crippen LogP contribution in [0.25, 0.3) is 17.5 Å². The topological polar surface area (TPSA) is 64.1 Å². The molecule has 2 aromatic heterocycles. The number of benzene rings is 1. The molecule has 0 spiro atoms. The first-order chi connectivity index (χ1) is 11.8. The van der Waals surface area contributed by atoms with Gasteiger partial charge in [0.2, 0.25) is 0 Å². The van der Waals surface area contributed by atoms with E-state index in [4.69, 9.17) is 4.74 Å². The van der Waals surface area contributed by atoms with E-state index in [9.17, 15) is 4.79 Å². The van der Waals surface area contributed by atoms with Crippen LogP contribution in [0.15, 0.2) is 59.6 Å². The van der Waals surface area contributed by atoms with Gasteiger partial charge in [0.1, 0.15) is 18.1 Å². The molecule has 6 heteroatoms. The molecular formula is C18H13N3O2S. The van der Waals surface area contributed by atoms with E-state index in [0.29, 0.717) is 10.7 Å². The molecule has 0 aliphatic carbocycles. The maximum Gasteiger partial charge on any atom is 0.256 e. The van der Waals surface area contributed by atoms with Crippen molar-refractivity contribution in [1.82, 2.24) is 9.97 Å². The third kappa shape index (κ3) is 2.91. The Bertz CT molecular complexity index is 919. The van der Waals surface area contributed by atoms with Crippen LogP contribution in [0.3, 0.4) is 0 Å². The Morgan fingerprint density at radius 1 is 1.12 bits per heavy atom. The average molecular weight is 335 g/mol. The average Bonchev–Trinajstić information content (AvgIpc) is 3.10. The maximum atomic E-state index is 12.4. The summed E-state index contributed by atoms with van der Waals surface area (Å²) in [6.07, 6.45) is 3.57. The number of amides is 1. The van der Waals surface area contributed by atoms with Crippen molar-refractivity contribution in [3.63, 3.8) is 0 Å². The lowest BCUT2D eigenvalue weighted by Gasteiger charge is -2.16. The number of nitrogens with zero attached hydrogens (tertiary/aromatic N) is 2. The third-order valence-corrected chi connectivity index (χ3v) is 4.33. The monoisotopic (exact) mass is 335 g/mol. The van der Waals surface area contributed by atoms with E-state index in [0.717, 1.165) is 22.7 Å². The highest BCUT2D eigenvalue weighted by molar-refractivity contribution is 7.14. The number of para-hydroxylation sites is 1. The van der Waals surface area contributed by atoms with Crippen LogP contribution in [0.2, 0.25) is 0 Å². The van der Waals surface area contributed by atoms with Crippen molar-refractivity contribution >= 4 is 28.5 Å². The molecule has 3 heterocycles. The molecule has 0 saturated heterocycles. The van der Waals surface area contributed by atoms with Gasteiger partial charge in [-0.2, -0.15) is 0 Å². The van der Waals surface area contributed by atoms with Crippen molar-refractivity contribution in [2.75, 3.05) is 11.9 Å². The molecule has 5 nitrogen and oxygen atoms in total. The smallest absolute Gasteiger partial charge is 0.256 e. The van der Waals surface area contributed by atoms with Gasteiger partial charge in [0.15, 0.2) is 5.13 Å². The number of fused-ring (bicyclic) bond motifs is 1. The Hall–Kier alpha value is -2.99. The Labute approximate surface area is 142 Å². The number of ether oxygens (including phenoxy) is 1. The largest absolute Gasteiger partial charge is 0.488 e. The summed E-state index contributed by atoms with van der Waals surface area (Å²) in [6, 6.07) is 13.3. The maximum absolute atomic E-state index is 12.4. The van der Waals surface area contributed by atoms with Crippen LogP contribution in [0.4, 0.5) is 5.13 Å². The highest BCUT2D eigenvalue weighted by atomic mass is 32.1. The molecular weight excluding hydrogens is 322 g/mol. The number of rotatable bonds is 3. The second-order valence-electron chi connectivity index (χ2n) is 5.20. The van der Waals surface area contributed by atoms with E-state index in [-0.39, 0.29) is 12.5 Å². The van der Waals surface area contributed by atoms with Crippen LogP contribution in [-0.4, -0.2) is 22.5 Å². The van der Waals surface area contributed by atoms with E-state index < -0.39 is 0 Å². The van der Waals surface area contributed by atoms with Crippen LogP contribution in [-0.2, 0) is 4.79 Å². The van der Waals surface area contributed by atoms with Crippen LogP contribution in [0.1, 0.15) is 5.56 Å². The quantitative estimate of drug-likeness (QED) is 0.794. The van der Waals surface area contributed by atoms with Crippen molar-refractivity contribution in [2.45, 2.75) is 0 Å². The highest BCUT2D eigenvalue weighted by Crippen LogP contribution is 2.27. The van der Waals surface area contributed by atoms with Crippen molar-refractivity contribution in [1.29, 1.82) is 0 Å². The first-order valence-electron chi connectivity index (χ1n) is 7.40. The second-order valence-corrected chi connectivity index (χ2v) is 6.06. The lowest BCUT2D eigenvalue weighted by atomic mass is 10.1. The summed E-state index contributed by atoms with van der Waals surface area (Å²) in [5.41, 5.74) is 3.00. The van der Waals surface area contributed by atoms with Crippen LogP contribution >= 0.6 is 11.3 Å². The molecule has 1 aliphatic rings. The second kappa shape index (κ2) is 6.25. The molecule has 118 valence electrons. The molecule has 4 rings (SSSR count). The fraction of sp³-hybridized carbons (Fsp3) is 0.0556. The number of aromatic nitrogens is 2. The highest BCUT2D eigenvalue weighted by Gasteiger charge is 2.18. The Balaban J connectivity index is 1.51. The summed E-state index contributed by atoms with van der Waals surface area (Å²) in [6.45, 7) is 0.251. The molecule has 1 amide bonds. The Morgan fingerprint density at radius 2 is 2.00 bits per heavy atom. The lowest BCUT2D eigenvalue weighted by molar-refractivity contribution is -0.113. The molecule has 0 atom stereocenters. The van der Waals surface area contributed by atoms with Crippen molar-refractivity contribution in [3.05, 3.63) is 65.2 Å². The Kier molecular flexibility index (Phi) is 3.80. The number of thiazole rings is 1. The number of carbonyl (C=O) groups is 1. The van der Waals surface area contributed by atoms with Gasteiger partial charge in [0, 0.05) is 17.1 Å². The number of nitrogens with one attached hydrogen (secondary N) is 1. The van der Waals surface area contributed by atoms with Gasteiger partial charge in [0.05, 0.1) is 11.3 Å². The molecule has 1 aliphatic heterocycles. The number of anilines is 1. The van der Waals surface area contributed by atoms with Gasteiger partial charge in [-0.1, -0.05) is 24.3 Å². The van der Waals surface area contributed by atoms with Crippen molar-refractivity contribution in [2.24, 2.45) is 0 Å². The summed E-state index contributed by atoms with van der Waals surface area (Å²) in [5, 5.41) is 5.24. The van der Waals surface area contributed by atoms with Crippen molar-refractivity contribution < 1.29 is 9.53 Å². The third-order valence-electron chi connectivity index (χ3n) is 3.58. The van der Waals surface area contributed by atoms with Gasteiger partial charge in [-0.15, -0.1) is 11.3 Å². The standard InChI is InChI=1S/C18H13N3O2S/c22-17(13-9-12-5-1-2-7-16(12)23-10-13)21-18-20-15(11-24-18)14-6-3-4-8-19-14/h1-9,11H,10H2,(H,20,21,22). The molecule has 1 N–H and O–H groups in total. The molecule has 0 fully saturated rings. The van der Waals surface area contributed by atoms with E-state index in [1.807, 2.05) is 53.9 Å². The van der Waals surface area contributed by atoms with Gasteiger partial charge in [-0.3, -0.25) is 15.1 Å². The number of carbonyl (C=O) groups excluding carboxylic acids is 1. The molecule has 0 saturated carbocycles. The summed E-state index contributed by atoms with van der Waals surface area (Å²) < 4.78 is 5.61. The minimum absolute atomic E-state index is 0.202. The van der Waals surface area contributed by atoms with E-state index in [1.54, 1.807) is 6.20 Å². The summed E-state index contributed by atoms with van der Waals surface area (Å²) in [4.78, 5) is 21.1. The predicted molar refractivity (Wildman–Crippen MR) is 93.9 cm³/mol. The van der Waals surface area contributed by atoms with Crippen LogP contribution < -0.4 is 10.1 Å². The molecule has 0 radical (unpaired) electrons. The van der Waals surface area contributed by atoms with Gasteiger partial charge in [-0.25, -0.2) is 4.98 Å². The normalized spacial score (nSPS) is 12.8. The lowest BCUT2D eigenvalue weighted by Crippen LogP contribution is -2.21. The first-order valence-corrected chi connectivity index (χ1v) is 8.28. The van der Waals surface area contributed by atoms with Gasteiger partial charge in [-0.05, 0) is 24.3 Å². The minimum atomic E-state index is -0.202. The molecule has 24 heavy (non-hydrogen) atoms. The van der Waals surface area contributed by atoms with Gasteiger partial charge >= 0.3 is 0 Å². The summed E-state index contributed by atoms with van der Waals surface area (Å²) in [5.74, 6) is 0.590. The molecule has 0 bridgehead atoms. The van der Waals surface area contributed by atoms with E-state index in [1.165, 1.54) is 11.3 Å². The fourth-order valence-corrected chi connectivity index (χ4v) is 3.09. The Morgan fingerprint density at radius 3 is 2.88 bits per heavy atom. The zero-order valence-corrected chi connectivity index (χ0v) is 13.4. The van der Waals surface area contributed by atoms with Gasteiger partial charge in [0.25, 0.3) is 5.91 Å². The van der Waals surface area contributed by atoms with E-state index in [2.05, 4.69) is 15.3 Å². The first kappa shape index (κ1) is 14.6. The summed E-state index contributed by atoms with van der Waals surface area (Å²) >= 11 is 1.37.